The lowest BCUT2D eigenvalue weighted by molar-refractivity contribution is -0.122. The Bertz CT molecular complexity index is 1020. The quantitative estimate of drug-likeness (QED) is 0.621. The van der Waals surface area contributed by atoms with Crippen LogP contribution in [0.25, 0.3) is 0 Å². The molecule has 1 amide bonds. The first-order valence-corrected chi connectivity index (χ1v) is 13.3. The third-order valence-electron chi connectivity index (χ3n) is 5.90. The number of carbonyl (C=O) groups excluding carboxylic acids is 1. The van der Waals surface area contributed by atoms with Gasteiger partial charge in [0.05, 0.1) is 11.9 Å². The Hall–Kier alpha value is -2.38. The van der Waals surface area contributed by atoms with Crippen LogP contribution >= 0.6 is 0 Å². The smallest absolute Gasteiger partial charge is 0.244 e. The van der Waals surface area contributed by atoms with Crippen LogP contribution in [0.3, 0.4) is 0 Å². The number of rotatable bonds is 9. The summed E-state index contributed by atoms with van der Waals surface area (Å²) < 4.78 is 26.4. The van der Waals surface area contributed by atoms with E-state index in [9.17, 15) is 13.2 Å². The van der Waals surface area contributed by atoms with Crippen molar-refractivity contribution in [3.63, 3.8) is 0 Å². The molecule has 0 aromatic heterocycles. The number of piperidine rings is 1. The summed E-state index contributed by atoms with van der Waals surface area (Å²) in [6.45, 7) is 7.31. The van der Waals surface area contributed by atoms with Crippen molar-refractivity contribution in [2.24, 2.45) is 0 Å². The minimum absolute atomic E-state index is 0.291. The maximum atomic E-state index is 13.1. The number of nitrogens with zero attached hydrogens (tertiary/aromatic N) is 2. The van der Waals surface area contributed by atoms with Crippen molar-refractivity contribution in [1.29, 1.82) is 0 Å². The van der Waals surface area contributed by atoms with E-state index >= 15 is 0 Å². The lowest BCUT2D eigenvalue weighted by Crippen LogP contribution is -2.49. The number of hydrogen-bond donors (Lipinski definition) is 1. The molecule has 1 atom stereocenters. The summed E-state index contributed by atoms with van der Waals surface area (Å²) >= 11 is 0. The summed E-state index contributed by atoms with van der Waals surface area (Å²) in [5, 5.41) is 2.96. The first-order chi connectivity index (χ1) is 15.3. The Morgan fingerprint density at radius 1 is 1.06 bits per heavy atom. The minimum Gasteiger partial charge on any atom is -0.350 e. The molecule has 0 unspecified atom stereocenters. The molecular formula is C25H35N3O3S. The fourth-order valence-corrected chi connectivity index (χ4v) is 5.55. The van der Waals surface area contributed by atoms with Gasteiger partial charge in [-0.3, -0.25) is 14.0 Å². The van der Waals surface area contributed by atoms with Gasteiger partial charge in [0.15, 0.2) is 0 Å². The Morgan fingerprint density at radius 3 is 2.41 bits per heavy atom. The van der Waals surface area contributed by atoms with E-state index < -0.39 is 16.1 Å². The molecule has 1 N–H and O–H groups in total. The van der Waals surface area contributed by atoms with Crippen molar-refractivity contribution in [2.75, 3.05) is 23.7 Å². The average Bonchev–Trinajstić information content (AvgIpc) is 2.76. The molecule has 0 saturated carbocycles. The zero-order valence-electron chi connectivity index (χ0n) is 19.4. The van der Waals surface area contributed by atoms with Crippen LogP contribution in [0.5, 0.6) is 0 Å². The standard InChI is InChI=1S/C25H35N3O3S/c1-4-24(28(32(3,30)31)23-13-8-10-20(2)16-23)25(29)26-18-21-11-9-12-22(17-21)19-27-14-6-5-7-15-27/h8-13,16-17,24H,4-7,14-15,18-19H2,1-3H3,(H,26,29)/t24-/m0/s1. The van der Waals surface area contributed by atoms with Gasteiger partial charge in [0.1, 0.15) is 6.04 Å². The first-order valence-electron chi connectivity index (χ1n) is 11.4. The predicted molar refractivity (Wildman–Crippen MR) is 130 cm³/mol. The van der Waals surface area contributed by atoms with Crippen LogP contribution in [0.1, 0.15) is 49.3 Å². The molecule has 1 fully saturated rings. The highest BCUT2D eigenvalue weighted by molar-refractivity contribution is 7.92. The van der Waals surface area contributed by atoms with Crippen LogP contribution in [-0.2, 0) is 27.9 Å². The first kappa shape index (κ1) is 24.3. The van der Waals surface area contributed by atoms with Gasteiger partial charge in [-0.15, -0.1) is 0 Å². The molecular weight excluding hydrogens is 422 g/mol. The molecule has 0 radical (unpaired) electrons. The minimum atomic E-state index is -3.63. The molecule has 1 saturated heterocycles. The number of benzene rings is 2. The zero-order valence-corrected chi connectivity index (χ0v) is 20.2. The number of hydrogen-bond acceptors (Lipinski definition) is 4. The van der Waals surface area contributed by atoms with E-state index in [2.05, 4.69) is 22.3 Å². The molecule has 1 aliphatic heterocycles. The molecule has 32 heavy (non-hydrogen) atoms. The fraction of sp³-hybridized carbons (Fsp3) is 0.480. The summed E-state index contributed by atoms with van der Waals surface area (Å²) in [4.78, 5) is 15.5. The van der Waals surface area contributed by atoms with Gasteiger partial charge in [-0.2, -0.15) is 0 Å². The molecule has 1 heterocycles. The predicted octanol–water partition coefficient (Wildman–Crippen LogP) is 3.84. The Balaban J connectivity index is 1.70. The van der Waals surface area contributed by atoms with Crippen LogP contribution in [0.15, 0.2) is 48.5 Å². The van der Waals surface area contributed by atoms with Gasteiger partial charge < -0.3 is 5.32 Å². The molecule has 174 valence electrons. The summed E-state index contributed by atoms with van der Waals surface area (Å²) in [5.74, 6) is -0.291. The summed E-state index contributed by atoms with van der Waals surface area (Å²) in [6.07, 6.45) is 5.35. The normalized spacial score (nSPS) is 15.8. The number of anilines is 1. The van der Waals surface area contributed by atoms with Gasteiger partial charge in [0.25, 0.3) is 0 Å². The van der Waals surface area contributed by atoms with Crippen LogP contribution < -0.4 is 9.62 Å². The Kier molecular flexibility index (Phi) is 8.32. The van der Waals surface area contributed by atoms with Crippen molar-refractivity contribution in [2.45, 2.75) is 58.7 Å². The van der Waals surface area contributed by atoms with E-state index in [-0.39, 0.29) is 5.91 Å². The molecule has 1 aliphatic rings. The third kappa shape index (κ3) is 6.56. The maximum Gasteiger partial charge on any atom is 0.244 e. The number of aryl methyl sites for hydroxylation is 1. The third-order valence-corrected chi connectivity index (χ3v) is 7.08. The van der Waals surface area contributed by atoms with E-state index in [0.29, 0.717) is 18.7 Å². The Morgan fingerprint density at radius 2 is 1.75 bits per heavy atom. The van der Waals surface area contributed by atoms with Crippen LogP contribution in [0.2, 0.25) is 0 Å². The number of sulfonamides is 1. The molecule has 0 bridgehead atoms. The summed E-state index contributed by atoms with van der Waals surface area (Å²) in [6, 6.07) is 14.7. The van der Waals surface area contributed by atoms with Crippen molar-refractivity contribution in [1.82, 2.24) is 10.2 Å². The van der Waals surface area contributed by atoms with E-state index in [1.165, 1.54) is 29.1 Å². The molecule has 3 rings (SSSR count). The van der Waals surface area contributed by atoms with Crippen molar-refractivity contribution in [3.8, 4) is 0 Å². The van der Waals surface area contributed by atoms with Gasteiger partial charge in [-0.05, 0) is 68.1 Å². The second-order valence-electron chi connectivity index (χ2n) is 8.70. The van der Waals surface area contributed by atoms with Gasteiger partial charge in [-0.1, -0.05) is 49.7 Å². The second-order valence-corrected chi connectivity index (χ2v) is 10.6. The monoisotopic (exact) mass is 457 g/mol. The SMILES string of the molecule is CC[C@@H](C(=O)NCc1cccc(CN2CCCCC2)c1)N(c1cccc(C)c1)S(C)(=O)=O. The highest BCUT2D eigenvalue weighted by atomic mass is 32.2. The summed E-state index contributed by atoms with van der Waals surface area (Å²) in [7, 11) is -3.63. The molecule has 2 aromatic rings. The number of amides is 1. The second kappa shape index (κ2) is 11.0. The van der Waals surface area contributed by atoms with E-state index in [1.807, 2.05) is 32.0 Å². The molecule has 0 spiro atoms. The van der Waals surface area contributed by atoms with Crippen LogP contribution in [0.4, 0.5) is 5.69 Å². The average molecular weight is 458 g/mol. The van der Waals surface area contributed by atoms with E-state index in [0.717, 1.165) is 37.0 Å². The number of nitrogens with one attached hydrogen (secondary N) is 1. The van der Waals surface area contributed by atoms with E-state index in [1.54, 1.807) is 18.2 Å². The summed E-state index contributed by atoms with van der Waals surface area (Å²) in [5.41, 5.74) is 3.71. The highest BCUT2D eigenvalue weighted by Gasteiger charge is 2.31. The number of likely N-dealkylation sites (tertiary alicyclic amines) is 1. The fourth-order valence-electron chi connectivity index (χ4n) is 4.35. The largest absolute Gasteiger partial charge is 0.350 e. The topological polar surface area (TPSA) is 69.7 Å². The lowest BCUT2D eigenvalue weighted by atomic mass is 10.1. The van der Waals surface area contributed by atoms with Crippen molar-refractivity contribution < 1.29 is 13.2 Å². The number of carbonyl (C=O) groups is 1. The van der Waals surface area contributed by atoms with Gasteiger partial charge in [0, 0.05) is 13.1 Å². The van der Waals surface area contributed by atoms with Crippen molar-refractivity contribution in [3.05, 3.63) is 65.2 Å². The van der Waals surface area contributed by atoms with Crippen molar-refractivity contribution >= 4 is 21.6 Å². The van der Waals surface area contributed by atoms with Gasteiger partial charge >= 0.3 is 0 Å². The Labute approximate surface area is 192 Å². The maximum absolute atomic E-state index is 13.1. The van der Waals surface area contributed by atoms with Crippen LogP contribution in [-0.4, -0.2) is 44.6 Å². The molecule has 0 aliphatic carbocycles. The molecule has 6 nitrogen and oxygen atoms in total. The van der Waals surface area contributed by atoms with E-state index in [4.69, 9.17) is 0 Å². The van der Waals surface area contributed by atoms with Crippen LogP contribution in [0, 0.1) is 6.92 Å². The molecule has 2 aromatic carbocycles. The molecule has 7 heteroatoms. The van der Waals surface area contributed by atoms with Gasteiger partial charge in [0.2, 0.25) is 15.9 Å². The van der Waals surface area contributed by atoms with Gasteiger partial charge in [-0.25, -0.2) is 8.42 Å². The lowest BCUT2D eigenvalue weighted by Gasteiger charge is -2.30. The highest BCUT2D eigenvalue weighted by Crippen LogP contribution is 2.23. The zero-order chi connectivity index (χ0) is 23.1.